The number of amides is 1. The number of nitro groups is 1. The van der Waals surface area contributed by atoms with Gasteiger partial charge in [-0.1, -0.05) is 49.4 Å². The van der Waals surface area contributed by atoms with Crippen molar-refractivity contribution in [3.63, 3.8) is 0 Å². The third kappa shape index (κ3) is 2.12. The van der Waals surface area contributed by atoms with E-state index in [4.69, 9.17) is 0 Å². The lowest BCUT2D eigenvalue weighted by Gasteiger charge is -2.30. The maximum absolute atomic E-state index is 13.0. The van der Waals surface area contributed by atoms with Crippen molar-refractivity contribution in [2.45, 2.75) is 30.8 Å². The fourth-order valence-electron chi connectivity index (χ4n) is 4.58. The first kappa shape index (κ1) is 16.7. The molecule has 134 valence electrons. The Morgan fingerprint density at radius 1 is 1.23 bits per heavy atom. The number of anilines is 1. The number of nitrogens with zero attached hydrogens (tertiary/aromatic N) is 2. The Morgan fingerprint density at radius 3 is 2.58 bits per heavy atom. The molecular formula is C20H21N3O3. The number of likely N-dealkylation sites (N-methyl/N-ethyl adjacent to an activating group) is 1. The van der Waals surface area contributed by atoms with Gasteiger partial charge in [0.15, 0.2) is 5.54 Å². The van der Waals surface area contributed by atoms with Crippen LogP contribution in [0.15, 0.2) is 48.5 Å². The molecule has 0 saturated carbocycles. The minimum absolute atomic E-state index is 0.274. The zero-order valence-electron chi connectivity index (χ0n) is 14.8. The number of likely N-dealkylation sites (tertiary alicyclic amines) is 1. The topological polar surface area (TPSA) is 75.5 Å². The number of nitrogens with one attached hydrogen (secondary N) is 1. The monoisotopic (exact) mass is 351 g/mol. The van der Waals surface area contributed by atoms with Crippen LogP contribution in [0.5, 0.6) is 0 Å². The molecule has 2 aromatic rings. The molecule has 6 heteroatoms. The lowest BCUT2D eigenvalue weighted by molar-refractivity contribution is -0.534. The molecule has 4 rings (SSSR count). The van der Waals surface area contributed by atoms with Gasteiger partial charge < -0.3 is 5.32 Å². The smallest absolute Gasteiger partial charge is 0.256 e. The van der Waals surface area contributed by atoms with Crippen LogP contribution in [0.2, 0.25) is 0 Å². The SMILES string of the molecule is CCc1ccc([C@@H]2CN(C)[C@]3(C(=O)Nc4ccccc43)[C@H]2[N+](=O)[O-])cc1. The van der Waals surface area contributed by atoms with Crippen molar-refractivity contribution in [1.82, 2.24) is 4.90 Å². The molecular weight excluding hydrogens is 330 g/mol. The van der Waals surface area contributed by atoms with E-state index in [0.29, 0.717) is 17.8 Å². The van der Waals surface area contributed by atoms with Crippen LogP contribution in [0.25, 0.3) is 0 Å². The average molecular weight is 351 g/mol. The van der Waals surface area contributed by atoms with Crippen LogP contribution < -0.4 is 5.32 Å². The summed E-state index contributed by atoms with van der Waals surface area (Å²) in [4.78, 5) is 26.7. The molecule has 1 amide bonds. The Balaban J connectivity index is 1.86. The predicted molar refractivity (Wildman–Crippen MR) is 98.7 cm³/mol. The first-order valence-electron chi connectivity index (χ1n) is 8.84. The Labute approximate surface area is 152 Å². The number of carbonyl (C=O) groups is 1. The highest BCUT2D eigenvalue weighted by Crippen LogP contribution is 2.51. The fraction of sp³-hybridized carbons (Fsp3) is 0.350. The fourth-order valence-corrected chi connectivity index (χ4v) is 4.58. The number of para-hydroxylation sites is 1. The summed E-state index contributed by atoms with van der Waals surface area (Å²) in [5.74, 6) is -0.659. The highest BCUT2D eigenvalue weighted by Gasteiger charge is 2.68. The Bertz CT molecular complexity index is 880. The van der Waals surface area contributed by atoms with Gasteiger partial charge in [0.05, 0.1) is 5.92 Å². The number of hydrogen-bond acceptors (Lipinski definition) is 4. The van der Waals surface area contributed by atoms with E-state index in [0.717, 1.165) is 12.0 Å². The molecule has 1 saturated heterocycles. The second-order valence-corrected chi connectivity index (χ2v) is 7.08. The standard InChI is InChI=1S/C20H21N3O3/c1-3-13-8-10-14(11-9-13)15-12-22(2)20(18(15)23(25)26)16-6-4-5-7-17(16)21-19(20)24/h4-11,15,18H,3,12H2,1-2H3,(H,21,24)/t15-,18-,20-/m0/s1. The summed E-state index contributed by atoms with van der Waals surface area (Å²) in [6.07, 6.45) is 0.920. The normalized spacial score (nSPS) is 27.5. The maximum atomic E-state index is 13.0. The summed E-state index contributed by atoms with van der Waals surface area (Å²) in [6, 6.07) is 14.2. The van der Waals surface area contributed by atoms with E-state index in [1.807, 2.05) is 47.4 Å². The van der Waals surface area contributed by atoms with Crippen molar-refractivity contribution in [2.24, 2.45) is 0 Å². The maximum Gasteiger partial charge on any atom is 0.256 e. The van der Waals surface area contributed by atoms with Crippen LogP contribution in [-0.4, -0.2) is 35.4 Å². The molecule has 0 bridgehead atoms. The van der Waals surface area contributed by atoms with Gasteiger partial charge in [-0.25, -0.2) is 0 Å². The Hall–Kier alpha value is -2.73. The number of benzene rings is 2. The number of carbonyl (C=O) groups excluding carboxylic acids is 1. The van der Waals surface area contributed by atoms with Crippen molar-refractivity contribution >= 4 is 11.6 Å². The first-order chi connectivity index (χ1) is 12.5. The number of hydrogen-bond donors (Lipinski definition) is 1. The minimum Gasteiger partial charge on any atom is -0.324 e. The summed E-state index contributed by atoms with van der Waals surface area (Å²) >= 11 is 0. The summed E-state index contributed by atoms with van der Waals surface area (Å²) in [6.45, 7) is 2.53. The zero-order valence-corrected chi connectivity index (χ0v) is 14.8. The summed E-state index contributed by atoms with van der Waals surface area (Å²) < 4.78 is 0. The molecule has 1 spiro atoms. The summed E-state index contributed by atoms with van der Waals surface area (Å²) in [5, 5.41) is 15.0. The molecule has 3 atom stereocenters. The molecule has 0 aromatic heterocycles. The van der Waals surface area contributed by atoms with Crippen molar-refractivity contribution in [1.29, 1.82) is 0 Å². The molecule has 0 unspecified atom stereocenters. The van der Waals surface area contributed by atoms with Gasteiger partial charge >= 0.3 is 0 Å². The Morgan fingerprint density at radius 2 is 1.92 bits per heavy atom. The van der Waals surface area contributed by atoms with E-state index >= 15 is 0 Å². The number of rotatable bonds is 3. The van der Waals surface area contributed by atoms with Crippen LogP contribution in [0, 0.1) is 10.1 Å². The third-order valence-corrected chi connectivity index (χ3v) is 5.86. The van der Waals surface area contributed by atoms with Crippen LogP contribution in [-0.2, 0) is 16.8 Å². The number of aryl methyl sites for hydroxylation is 1. The van der Waals surface area contributed by atoms with Crippen LogP contribution in [0.1, 0.15) is 29.5 Å². The molecule has 1 N–H and O–H groups in total. The third-order valence-electron chi connectivity index (χ3n) is 5.86. The van der Waals surface area contributed by atoms with Crippen molar-refractivity contribution in [3.05, 3.63) is 75.3 Å². The van der Waals surface area contributed by atoms with E-state index in [-0.39, 0.29) is 16.7 Å². The van der Waals surface area contributed by atoms with Crippen LogP contribution >= 0.6 is 0 Å². The van der Waals surface area contributed by atoms with E-state index in [2.05, 4.69) is 12.2 Å². The summed E-state index contributed by atoms with van der Waals surface area (Å²) in [7, 11) is 1.80. The van der Waals surface area contributed by atoms with Crippen molar-refractivity contribution in [2.75, 3.05) is 18.9 Å². The van der Waals surface area contributed by atoms with Gasteiger partial charge in [0.25, 0.3) is 11.9 Å². The van der Waals surface area contributed by atoms with E-state index in [9.17, 15) is 14.9 Å². The van der Waals surface area contributed by atoms with Gasteiger partial charge in [-0.05, 0) is 30.7 Å². The predicted octanol–water partition coefficient (Wildman–Crippen LogP) is 2.77. The average Bonchev–Trinajstić information content (AvgIpc) is 3.11. The Kier molecular flexibility index (Phi) is 3.80. The second kappa shape index (κ2) is 5.92. The molecule has 6 nitrogen and oxygen atoms in total. The molecule has 2 aromatic carbocycles. The van der Waals surface area contributed by atoms with Gasteiger partial charge in [-0.3, -0.25) is 19.8 Å². The largest absolute Gasteiger partial charge is 0.324 e. The van der Waals surface area contributed by atoms with Gasteiger partial charge in [0.1, 0.15) is 0 Å². The van der Waals surface area contributed by atoms with E-state index in [1.165, 1.54) is 5.56 Å². The first-order valence-corrected chi connectivity index (χ1v) is 8.84. The van der Waals surface area contributed by atoms with E-state index in [1.54, 1.807) is 13.1 Å². The highest BCUT2D eigenvalue weighted by molar-refractivity contribution is 6.06. The van der Waals surface area contributed by atoms with Gasteiger partial charge in [-0.2, -0.15) is 0 Å². The van der Waals surface area contributed by atoms with Crippen molar-refractivity contribution < 1.29 is 9.72 Å². The van der Waals surface area contributed by atoms with Crippen molar-refractivity contribution in [3.8, 4) is 0 Å². The molecule has 2 aliphatic rings. The molecule has 26 heavy (non-hydrogen) atoms. The zero-order chi connectivity index (χ0) is 18.5. The highest BCUT2D eigenvalue weighted by atomic mass is 16.6. The van der Waals surface area contributed by atoms with Gasteiger partial charge in [-0.15, -0.1) is 0 Å². The lowest BCUT2D eigenvalue weighted by Crippen LogP contribution is -2.54. The quantitative estimate of drug-likeness (QED) is 0.681. The molecule has 1 fully saturated rings. The molecule has 0 aliphatic carbocycles. The van der Waals surface area contributed by atoms with Gasteiger partial charge in [0.2, 0.25) is 0 Å². The molecule has 2 aliphatic heterocycles. The lowest BCUT2D eigenvalue weighted by atomic mass is 9.79. The van der Waals surface area contributed by atoms with Crippen LogP contribution in [0.4, 0.5) is 5.69 Å². The molecule has 0 radical (unpaired) electrons. The molecule has 2 heterocycles. The second-order valence-electron chi connectivity index (χ2n) is 7.08. The summed E-state index contributed by atoms with van der Waals surface area (Å²) in [5.41, 5.74) is 2.19. The van der Waals surface area contributed by atoms with Crippen LogP contribution in [0.3, 0.4) is 0 Å². The number of fused-ring (bicyclic) bond motifs is 2. The van der Waals surface area contributed by atoms with Gasteiger partial charge in [0, 0.05) is 22.7 Å². The van der Waals surface area contributed by atoms with E-state index < -0.39 is 11.6 Å². The minimum atomic E-state index is -1.27.